The highest BCUT2D eigenvalue weighted by atomic mass is 32.1. The lowest BCUT2D eigenvalue weighted by atomic mass is 10.1. The van der Waals surface area contributed by atoms with Crippen molar-refractivity contribution in [3.63, 3.8) is 0 Å². The van der Waals surface area contributed by atoms with Gasteiger partial charge in [0.2, 0.25) is 0 Å². The van der Waals surface area contributed by atoms with E-state index in [4.69, 9.17) is 0 Å². The number of rotatable bonds is 6. The van der Waals surface area contributed by atoms with Crippen LogP contribution >= 0.6 is 11.3 Å². The van der Waals surface area contributed by atoms with E-state index >= 15 is 0 Å². The van der Waals surface area contributed by atoms with Crippen LogP contribution in [0.3, 0.4) is 0 Å². The quantitative estimate of drug-likeness (QED) is 0.502. The SMILES string of the molecule is CCCNCc1nc(-c2cccc([N+](=O)[O-])c2)c(C)s1. The second kappa shape index (κ2) is 6.58. The first kappa shape index (κ1) is 14.6. The van der Waals surface area contributed by atoms with Gasteiger partial charge in [0.1, 0.15) is 5.01 Å². The number of aromatic nitrogens is 1. The van der Waals surface area contributed by atoms with Crippen molar-refractivity contribution < 1.29 is 4.92 Å². The summed E-state index contributed by atoms with van der Waals surface area (Å²) in [6.07, 6.45) is 1.09. The summed E-state index contributed by atoms with van der Waals surface area (Å²) in [6.45, 7) is 5.82. The Morgan fingerprint density at radius 1 is 1.45 bits per heavy atom. The van der Waals surface area contributed by atoms with Crippen molar-refractivity contribution in [1.82, 2.24) is 10.3 Å². The van der Waals surface area contributed by atoms with Gasteiger partial charge >= 0.3 is 0 Å². The maximum absolute atomic E-state index is 10.8. The van der Waals surface area contributed by atoms with Gasteiger partial charge in [-0.1, -0.05) is 19.1 Å². The topological polar surface area (TPSA) is 68.1 Å². The van der Waals surface area contributed by atoms with Gasteiger partial charge in [0, 0.05) is 29.1 Å². The van der Waals surface area contributed by atoms with Gasteiger partial charge in [0.25, 0.3) is 5.69 Å². The average Bonchev–Trinajstić information content (AvgIpc) is 2.80. The fourth-order valence-corrected chi connectivity index (χ4v) is 2.86. The molecule has 0 aliphatic rings. The maximum atomic E-state index is 10.8. The van der Waals surface area contributed by atoms with E-state index in [0.29, 0.717) is 0 Å². The minimum atomic E-state index is -0.380. The first-order chi connectivity index (χ1) is 9.61. The third-order valence-corrected chi connectivity index (χ3v) is 3.85. The Hall–Kier alpha value is -1.79. The van der Waals surface area contributed by atoms with E-state index in [1.54, 1.807) is 23.5 Å². The predicted molar refractivity (Wildman–Crippen MR) is 80.9 cm³/mol. The molecule has 2 aromatic rings. The van der Waals surface area contributed by atoms with Crippen molar-refractivity contribution in [2.45, 2.75) is 26.8 Å². The monoisotopic (exact) mass is 291 g/mol. The second-order valence-corrected chi connectivity index (χ2v) is 5.78. The number of nitrogens with one attached hydrogen (secondary N) is 1. The van der Waals surface area contributed by atoms with Crippen molar-refractivity contribution >= 4 is 17.0 Å². The molecule has 0 aliphatic carbocycles. The van der Waals surface area contributed by atoms with Crippen LogP contribution in [0, 0.1) is 17.0 Å². The van der Waals surface area contributed by atoms with Crippen LogP contribution in [-0.2, 0) is 6.54 Å². The van der Waals surface area contributed by atoms with Gasteiger partial charge < -0.3 is 5.32 Å². The Kier molecular flexibility index (Phi) is 4.81. The molecular weight excluding hydrogens is 274 g/mol. The molecule has 0 unspecified atom stereocenters. The Balaban J connectivity index is 2.24. The van der Waals surface area contributed by atoms with E-state index in [9.17, 15) is 10.1 Å². The number of nitrogens with zero attached hydrogens (tertiary/aromatic N) is 2. The van der Waals surface area contributed by atoms with E-state index < -0.39 is 0 Å². The Labute approximate surface area is 121 Å². The highest BCUT2D eigenvalue weighted by Crippen LogP contribution is 2.29. The fraction of sp³-hybridized carbons (Fsp3) is 0.357. The van der Waals surface area contributed by atoms with Gasteiger partial charge in [-0.2, -0.15) is 0 Å². The third-order valence-electron chi connectivity index (χ3n) is 2.87. The lowest BCUT2D eigenvalue weighted by molar-refractivity contribution is -0.384. The molecule has 20 heavy (non-hydrogen) atoms. The predicted octanol–water partition coefficient (Wildman–Crippen LogP) is 3.53. The molecule has 5 nitrogen and oxygen atoms in total. The van der Waals surface area contributed by atoms with Crippen LogP contribution in [0.5, 0.6) is 0 Å². The first-order valence-corrected chi connectivity index (χ1v) is 7.35. The summed E-state index contributed by atoms with van der Waals surface area (Å²) >= 11 is 1.63. The Bertz CT molecular complexity index is 610. The molecular formula is C14H17N3O2S. The number of thiazole rings is 1. The summed E-state index contributed by atoms with van der Waals surface area (Å²) < 4.78 is 0. The summed E-state index contributed by atoms with van der Waals surface area (Å²) in [6, 6.07) is 6.62. The zero-order chi connectivity index (χ0) is 14.5. The van der Waals surface area contributed by atoms with Crippen LogP contribution in [-0.4, -0.2) is 16.5 Å². The molecule has 0 amide bonds. The lowest BCUT2D eigenvalue weighted by Gasteiger charge is -1.99. The van der Waals surface area contributed by atoms with Gasteiger partial charge in [0.05, 0.1) is 10.6 Å². The van der Waals surface area contributed by atoms with Crippen molar-refractivity contribution in [3.8, 4) is 11.3 Å². The van der Waals surface area contributed by atoms with Gasteiger partial charge in [-0.15, -0.1) is 11.3 Å². The fourth-order valence-electron chi connectivity index (χ4n) is 1.93. The molecule has 6 heteroatoms. The van der Waals surface area contributed by atoms with Crippen LogP contribution < -0.4 is 5.32 Å². The minimum Gasteiger partial charge on any atom is -0.310 e. The number of hydrogen-bond acceptors (Lipinski definition) is 5. The maximum Gasteiger partial charge on any atom is 0.270 e. The summed E-state index contributed by atoms with van der Waals surface area (Å²) in [4.78, 5) is 16.1. The molecule has 1 aromatic heterocycles. The number of nitro benzene ring substituents is 1. The second-order valence-electron chi connectivity index (χ2n) is 4.50. The smallest absolute Gasteiger partial charge is 0.270 e. The van der Waals surface area contributed by atoms with E-state index in [-0.39, 0.29) is 10.6 Å². The Morgan fingerprint density at radius 3 is 2.95 bits per heavy atom. The van der Waals surface area contributed by atoms with Crippen LogP contribution in [0.25, 0.3) is 11.3 Å². The molecule has 0 atom stereocenters. The Morgan fingerprint density at radius 2 is 2.25 bits per heavy atom. The van der Waals surface area contributed by atoms with E-state index in [2.05, 4.69) is 17.2 Å². The molecule has 2 rings (SSSR count). The van der Waals surface area contributed by atoms with Crippen LogP contribution in [0.1, 0.15) is 23.2 Å². The normalized spacial score (nSPS) is 10.7. The van der Waals surface area contributed by atoms with E-state index in [1.165, 1.54) is 6.07 Å². The summed E-state index contributed by atoms with van der Waals surface area (Å²) in [7, 11) is 0. The van der Waals surface area contributed by atoms with Gasteiger partial charge in [-0.05, 0) is 19.9 Å². The van der Waals surface area contributed by atoms with Crippen molar-refractivity contribution in [2.75, 3.05) is 6.54 Å². The van der Waals surface area contributed by atoms with E-state index in [0.717, 1.165) is 40.7 Å². The minimum absolute atomic E-state index is 0.0977. The van der Waals surface area contributed by atoms with Crippen LogP contribution in [0.15, 0.2) is 24.3 Å². The van der Waals surface area contributed by atoms with Gasteiger partial charge in [-0.25, -0.2) is 4.98 Å². The summed E-state index contributed by atoms with van der Waals surface area (Å²) in [5, 5.41) is 15.2. The van der Waals surface area contributed by atoms with Crippen LogP contribution in [0.4, 0.5) is 5.69 Å². The number of nitro groups is 1. The summed E-state index contributed by atoms with van der Waals surface area (Å²) in [5.74, 6) is 0. The number of hydrogen-bond donors (Lipinski definition) is 1. The first-order valence-electron chi connectivity index (χ1n) is 6.53. The number of non-ortho nitro benzene ring substituents is 1. The highest BCUT2D eigenvalue weighted by Gasteiger charge is 2.13. The third kappa shape index (κ3) is 3.40. The molecule has 0 fully saturated rings. The molecule has 0 radical (unpaired) electrons. The van der Waals surface area contributed by atoms with Crippen molar-refractivity contribution in [2.24, 2.45) is 0 Å². The van der Waals surface area contributed by atoms with Crippen molar-refractivity contribution in [1.29, 1.82) is 0 Å². The molecule has 0 aliphatic heterocycles. The molecule has 0 bridgehead atoms. The molecule has 0 saturated carbocycles. The molecule has 0 saturated heterocycles. The highest BCUT2D eigenvalue weighted by molar-refractivity contribution is 7.12. The molecule has 1 N–H and O–H groups in total. The standard InChI is InChI=1S/C14H17N3O2S/c1-3-7-15-9-13-16-14(10(2)20-13)11-5-4-6-12(8-11)17(18)19/h4-6,8,15H,3,7,9H2,1-2H3. The zero-order valence-electron chi connectivity index (χ0n) is 11.5. The molecule has 106 valence electrons. The molecule has 1 aromatic carbocycles. The van der Waals surface area contributed by atoms with Gasteiger partial charge in [0.15, 0.2) is 0 Å². The molecule has 1 heterocycles. The van der Waals surface area contributed by atoms with E-state index in [1.807, 2.05) is 13.0 Å². The largest absolute Gasteiger partial charge is 0.310 e. The average molecular weight is 291 g/mol. The summed E-state index contributed by atoms with van der Waals surface area (Å²) in [5.41, 5.74) is 1.74. The van der Waals surface area contributed by atoms with Gasteiger partial charge in [-0.3, -0.25) is 10.1 Å². The zero-order valence-corrected chi connectivity index (χ0v) is 12.4. The van der Waals surface area contributed by atoms with Crippen LogP contribution in [0.2, 0.25) is 0 Å². The lowest BCUT2D eigenvalue weighted by Crippen LogP contribution is -2.13. The number of aryl methyl sites for hydroxylation is 1. The van der Waals surface area contributed by atoms with Crippen molar-refractivity contribution in [3.05, 3.63) is 44.3 Å². The molecule has 0 spiro atoms. The number of benzene rings is 1.